The number of benzene rings is 1. The zero-order chi connectivity index (χ0) is 21.6. The highest BCUT2D eigenvalue weighted by atomic mass is 127. The smallest absolute Gasteiger partial charge is 0.194 e. The quantitative estimate of drug-likeness (QED) is 0.177. The van der Waals surface area contributed by atoms with Gasteiger partial charge in [0.2, 0.25) is 0 Å². The number of nitrogens with zero attached hydrogens (tertiary/aromatic N) is 3. The van der Waals surface area contributed by atoms with E-state index in [0.717, 1.165) is 63.9 Å². The lowest BCUT2D eigenvalue weighted by Crippen LogP contribution is -2.40. The Bertz CT molecular complexity index is 613. The van der Waals surface area contributed by atoms with Crippen LogP contribution in [0.25, 0.3) is 0 Å². The highest BCUT2D eigenvalue weighted by Gasteiger charge is 2.24. The van der Waals surface area contributed by atoms with E-state index in [4.69, 9.17) is 19.2 Å². The number of rotatable bonds is 13. The van der Waals surface area contributed by atoms with E-state index in [9.17, 15) is 0 Å². The molecule has 0 bridgehead atoms. The molecule has 1 saturated heterocycles. The van der Waals surface area contributed by atoms with Crippen molar-refractivity contribution in [2.45, 2.75) is 26.3 Å². The van der Waals surface area contributed by atoms with E-state index < -0.39 is 0 Å². The normalized spacial score (nSPS) is 16.5. The summed E-state index contributed by atoms with van der Waals surface area (Å²) in [5, 5.41) is 3.43. The van der Waals surface area contributed by atoms with Crippen LogP contribution in [0.15, 0.2) is 29.3 Å². The zero-order valence-electron chi connectivity index (χ0n) is 19.6. The fourth-order valence-electron chi connectivity index (χ4n) is 3.41. The maximum Gasteiger partial charge on any atom is 0.194 e. The molecule has 1 unspecified atom stereocenters. The van der Waals surface area contributed by atoms with Crippen LogP contribution in [0.1, 0.15) is 25.3 Å². The number of nitrogens with one attached hydrogen (secondary N) is 1. The van der Waals surface area contributed by atoms with Crippen molar-refractivity contribution in [3.8, 4) is 5.75 Å². The SMILES string of the molecule is CCNC(=NCc1ccc(OCCCN(C)C)cc1)N1CCC(COCCOC)C1.I. The minimum absolute atomic E-state index is 0. The number of guanidine groups is 1. The molecule has 1 fully saturated rings. The topological polar surface area (TPSA) is 58.6 Å². The van der Waals surface area contributed by atoms with Gasteiger partial charge in [0.25, 0.3) is 0 Å². The number of hydrogen-bond acceptors (Lipinski definition) is 5. The van der Waals surface area contributed by atoms with Gasteiger partial charge in [-0.2, -0.15) is 0 Å². The Labute approximate surface area is 205 Å². The number of likely N-dealkylation sites (tertiary alicyclic amines) is 1. The molecular weight excluding hydrogens is 507 g/mol. The predicted molar refractivity (Wildman–Crippen MR) is 138 cm³/mol. The lowest BCUT2D eigenvalue weighted by atomic mass is 10.1. The van der Waals surface area contributed by atoms with Gasteiger partial charge in [-0.15, -0.1) is 24.0 Å². The van der Waals surface area contributed by atoms with Gasteiger partial charge >= 0.3 is 0 Å². The van der Waals surface area contributed by atoms with Crippen LogP contribution in [0.5, 0.6) is 5.75 Å². The highest BCUT2D eigenvalue weighted by molar-refractivity contribution is 14.0. The van der Waals surface area contributed by atoms with E-state index in [1.807, 2.05) is 12.1 Å². The van der Waals surface area contributed by atoms with Gasteiger partial charge in [-0.1, -0.05) is 12.1 Å². The molecule has 1 N–H and O–H groups in total. The summed E-state index contributed by atoms with van der Waals surface area (Å²) < 4.78 is 16.6. The number of hydrogen-bond donors (Lipinski definition) is 1. The van der Waals surface area contributed by atoms with Crippen molar-refractivity contribution in [3.05, 3.63) is 29.8 Å². The first kappa shape index (κ1) is 27.9. The summed E-state index contributed by atoms with van der Waals surface area (Å²) in [6.07, 6.45) is 2.16. The first-order valence-corrected chi connectivity index (χ1v) is 11.1. The summed E-state index contributed by atoms with van der Waals surface area (Å²) in [6, 6.07) is 8.28. The molecule has 0 aromatic heterocycles. The van der Waals surface area contributed by atoms with Gasteiger partial charge < -0.3 is 29.3 Å². The van der Waals surface area contributed by atoms with Crippen LogP contribution in [0.3, 0.4) is 0 Å². The molecule has 1 aliphatic heterocycles. The molecule has 1 atom stereocenters. The average molecular weight is 549 g/mol. The third kappa shape index (κ3) is 11.4. The van der Waals surface area contributed by atoms with Gasteiger partial charge in [0, 0.05) is 39.2 Å². The second kappa shape index (κ2) is 16.5. The highest BCUT2D eigenvalue weighted by Crippen LogP contribution is 2.18. The summed E-state index contributed by atoms with van der Waals surface area (Å²) in [7, 11) is 5.86. The van der Waals surface area contributed by atoms with Gasteiger partial charge in [0.1, 0.15) is 5.75 Å². The van der Waals surface area contributed by atoms with Crippen molar-refractivity contribution in [3.63, 3.8) is 0 Å². The Morgan fingerprint density at radius 1 is 1.19 bits per heavy atom. The minimum Gasteiger partial charge on any atom is -0.494 e. The van der Waals surface area contributed by atoms with Crippen molar-refractivity contribution in [1.29, 1.82) is 0 Å². The maximum absolute atomic E-state index is 5.81. The van der Waals surface area contributed by atoms with Crippen LogP contribution >= 0.6 is 24.0 Å². The predicted octanol–water partition coefficient (Wildman–Crippen LogP) is 3.09. The van der Waals surface area contributed by atoms with Crippen molar-refractivity contribution in [2.24, 2.45) is 10.9 Å². The van der Waals surface area contributed by atoms with Crippen molar-refractivity contribution in [2.75, 3.05) is 73.8 Å². The molecule has 0 spiro atoms. The Kier molecular flexibility index (Phi) is 14.9. The molecule has 1 aromatic rings. The van der Waals surface area contributed by atoms with Crippen LogP contribution in [0.4, 0.5) is 0 Å². The minimum atomic E-state index is 0. The Hall–Kier alpha value is -1.10. The molecule has 1 aliphatic rings. The van der Waals surface area contributed by atoms with Crippen LogP contribution < -0.4 is 10.1 Å². The van der Waals surface area contributed by atoms with Crippen molar-refractivity contribution >= 4 is 29.9 Å². The third-order valence-corrected chi connectivity index (χ3v) is 5.06. The number of aliphatic imine (C=N–C) groups is 1. The van der Waals surface area contributed by atoms with E-state index >= 15 is 0 Å². The van der Waals surface area contributed by atoms with E-state index in [0.29, 0.717) is 25.7 Å². The van der Waals surface area contributed by atoms with Gasteiger partial charge in [-0.3, -0.25) is 0 Å². The second-order valence-corrected chi connectivity index (χ2v) is 7.99. The van der Waals surface area contributed by atoms with Gasteiger partial charge in [0.05, 0.1) is 33.0 Å². The van der Waals surface area contributed by atoms with Crippen LogP contribution in [0.2, 0.25) is 0 Å². The first-order valence-electron chi connectivity index (χ1n) is 11.1. The van der Waals surface area contributed by atoms with Crippen LogP contribution in [-0.2, 0) is 16.0 Å². The van der Waals surface area contributed by atoms with Crippen molar-refractivity contribution < 1.29 is 14.2 Å². The lowest BCUT2D eigenvalue weighted by Gasteiger charge is -2.21. The molecule has 1 heterocycles. The molecule has 8 heteroatoms. The van der Waals surface area contributed by atoms with Gasteiger partial charge in [-0.25, -0.2) is 4.99 Å². The zero-order valence-corrected chi connectivity index (χ0v) is 22.0. The number of halogens is 1. The van der Waals surface area contributed by atoms with Gasteiger partial charge in [0.15, 0.2) is 5.96 Å². The van der Waals surface area contributed by atoms with Gasteiger partial charge in [-0.05, 0) is 51.6 Å². The largest absolute Gasteiger partial charge is 0.494 e. The summed E-state index contributed by atoms with van der Waals surface area (Å²) in [5.74, 6) is 2.46. The molecule has 0 radical (unpaired) electrons. The third-order valence-electron chi connectivity index (χ3n) is 5.06. The summed E-state index contributed by atoms with van der Waals surface area (Å²) in [6.45, 7) is 9.52. The molecule has 0 saturated carbocycles. The Balaban J connectivity index is 0.00000480. The molecule has 0 aliphatic carbocycles. The van der Waals surface area contributed by atoms with Crippen molar-refractivity contribution in [1.82, 2.24) is 15.1 Å². The Morgan fingerprint density at radius 2 is 1.97 bits per heavy atom. The summed E-state index contributed by atoms with van der Waals surface area (Å²) in [5.41, 5.74) is 1.18. The molecule has 31 heavy (non-hydrogen) atoms. The van der Waals surface area contributed by atoms with Crippen LogP contribution in [-0.4, -0.2) is 89.6 Å². The molecule has 2 rings (SSSR count). The molecule has 0 amide bonds. The summed E-state index contributed by atoms with van der Waals surface area (Å²) in [4.78, 5) is 9.37. The van der Waals surface area contributed by atoms with E-state index in [2.05, 4.69) is 48.3 Å². The Morgan fingerprint density at radius 3 is 2.65 bits per heavy atom. The number of methoxy groups -OCH3 is 1. The van der Waals surface area contributed by atoms with E-state index in [1.165, 1.54) is 5.56 Å². The van der Waals surface area contributed by atoms with E-state index in [1.54, 1.807) is 7.11 Å². The second-order valence-electron chi connectivity index (χ2n) is 7.99. The molecule has 178 valence electrons. The standard InChI is InChI=1S/C23H40N4O3.HI/c1-5-24-23(27-13-11-21(18-27)19-29-16-15-28-4)25-17-20-7-9-22(10-8-20)30-14-6-12-26(2)3;/h7-10,21H,5-6,11-19H2,1-4H3,(H,24,25);1H. The lowest BCUT2D eigenvalue weighted by molar-refractivity contribution is 0.0536. The fraction of sp³-hybridized carbons (Fsp3) is 0.696. The van der Waals surface area contributed by atoms with Crippen LogP contribution in [0, 0.1) is 5.92 Å². The monoisotopic (exact) mass is 548 g/mol. The molecular formula is C23H41IN4O3. The fourth-order valence-corrected chi connectivity index (χ4v) is 3.41. The summed E-state index contributed by atoms with van der Waals surface area (Å²) >= 11 is 0. The molecule has 1 aromatic carbocycles. The number of ether oxygens (including phenoxy) is 3. The average Bonchev–Trinajstić information content (AvgIpc) is 3.21. The first-order chi connectivity index (χ1) is 14.6. The maximum atomic E-state index is 5.81. The molecule has 7 nitrogen and oxygen atoms in total. The van der Waals surface area contributed by atoms with E-state index in [-0.39, 0.29) is 24.0 Å².